The van der Waals surface area contributed by atoms with Crippen molar-refractivity contribution in [3.63, 3.8) is 0 Å². The van der Waals surface area contributed by atoms with Gasteiger partial charge in [-0.05, 0) is 0 Å². The molecule has 1 aromatic carbocycles. The van der Waals surface area contributed by atoms with Crippen LogP contribution in [-0.4, -0.2) is 40.1 Å². The maximum absolute atomic E-state index is 12.2. The average molecular weight is 182 g/mol. The van der Waals surface area contributed by atoms with E-state index in [9.17, 15) is 8.78 Å². The Hall–Kier alpha value is -0.378. The molecule has 0 spiro atoms. The van der Waals surface area contributed by atoms with Crippen molar-refractivity contribution in [1.82, 2.24) is 0 Å². The molecular formula is C6H6BF2LiO3. The Bertz CT molecular complexity index is 219. The van der Waals surface area contributed by atoms with Crippen molar-refractivity contribution in [2.45, 2.75) is 0 Å². The van der Waals surface area contributed by atoms with Crippen LogP contribution in [0, 0.1) is 11.6 Å². The summed E-state index contributed by atoms with van der Waals surface area (Å²) in [6.45, 7) is 0. The molecule has 0 amide bonds. The molecule has 3 nitrogen and oxygen atoms in total. The Morgan fingerprint density at radius 3 is 1.54 bits per heavy atom. The first-order valence-corrected chi connectivity index (χ1v) is 3.38. The third kappa shape index (κ3) is 7.97. The van der Waals surface area contributed by atoms with Crippen molar-refractivity contribution in [2.24, 2.45) is 0 Å². The van der Waals surface area contributed by atoms with Crippen LogP contribution in [-0.2, 0) is 0 Å². The number of hydrogen-bond acceptors (Lipinski definition) is 3. The molecule has 0 aliphatic heterocycles. The van der Waals surface area contributed by atoms with E-state index >= 15 is 0 Å². The zero-order valence-electron chi connectivity index (χ0n) is 6.91. The summed E-state index contributed by atoms with van der Waals surface area (Å²) in [6, 6.07) is 3.42. The van der Waals surface area contributed by atoms with Gasteiger partial charge in [-0.15, -0.1) is 0 Å². The molecule has 1 aromatic rings. The van der Waals surface area contributed by atoms with Gasteiger partial charge >= 0.3 is 67.9 Å². The van der Waals surface area contributed by atoms with Crippen LogP contribution in [0.3, 0.4) is 0 Å². The van der Waals surface area contributed by atoms with E-state index in [-0.39, 0.29) is 0 Å². The number of benzene rings is 1. The van der Waals surface area contributed by atoms with Crippen molar-refractivity contribution in [3.05, 3.63) is 29.8 Å². The molecule has 0 radical (unpaired) electrons. The molecule has 0 fully saturated rings. The predicted molar refractivity (Wildman–Crippen MR) is 44.2 cm³/mol. The van der Waals surface area contributed by atoms with E-state index in [1.807, 2.05) is 0 Å². The van der Waals surface area contributed by atoms with Gasteiger partial charge in [-0.25, -0.2) is 0 Å². The van der Waals surface area contributed by atoms with E-state index in [1.165, 1.54) is 12.1 Å². The van der Waals surface area contributed by atoms with Gasteiger partial charge in [-0.3, -0.25) is 0 Å². The van der Waals surface area contributed by atoms with Crippen LogP contribution in [0.25, 0.3) is 0 Å². The molecule has 0 saturated carbocycles. The Morgan fingerprint density at radius 1 is 1.00 bits per heavy atom. The normalized spacial score (nSPS) is 8.85. The Kier molecular flexibility index (Phi) is 5.96. The van der Waals surface area contributed by atoms with Crippen LogP contribution < -0.4 is 4.24 Å². The fourth-order valence-electron chi connectivity index (χ4n) is 0.692. The quantitative estimate of drug-likeness (QED) is 0.437. The molecule has 0 atom stereocenters. The van der Waals surface area contributed by atoms with Crippen molar-refractivity contribution in [1.29, 1.82) is 0 Å². The van der Waals surface area contributed by atoms with Gasteiger partial charge in [0.05, 0.1) is 0 Å². The fraction of sp³-hybridized carbons (Fsp3) is 0. The van der Waals surface area contributed by atoms with Crippen LogP contribution in [0.15, 0.2) is 18.2 Å². The molecule has 0 aliphatic rings. The van der Waals surface area contributed by atoms with Crippen molar-refractivity contribution >= 4 is 29.3 Å². The number of rotatable bonds is 0. The first-order valence-electron chi connectivity index (χ1n) is 3.38. The molecule has 0 aromatic heterocycles. The van der Waals surface area contributed by atoms with E-state index in [0.29, 0.717) is 4.24 Å². The molecule has 0 saturated heterocycles. The first kappa shape index (κ1) is 12.6. The Labute approximate surface area is 83.4 Å². The summed E-state index contributed by atoms with van der Waals surface area (Å²) in [5.41, 5.74) is 0. The molecule has 7 heteroatoms. The molecule has 66 valence electrons. The zero-order valence-corrected chi connectivity index (χ0v) is 6.91. The molecule has 13 heavy (non-hydrogen) atoms. The summed E-state index contributed by atoms with van der Waals surface area (Å²) in [5.74, 6) is -1.04. The minimum absolute atomic E-state index is 0.521. The number of hydrogen-bond donors (Lipinski definition) is 3. The average Bonchev–Trinajstić information content (AvgIpc) is 1.80. The molecule has 0 unspecified atom stereocenters. The van der Waals surface area contributed by atoms with E-state index < -0.39 is 19.0 Å². The second-order valence-corrected chi connectivity index (χ2v) is 2.29. The summed E-state index contributed by atoms with van der Waals surface area (Å²) in [5, 5.41) is 21.5. The zero-order chi connectivity index (χ0) is 10.4. The van der Waals surface area contributed by atoms with E-state index in [1.54, 1.807) is 17.7 Å². The van der Waals surface area contributed by atoms with Gasteiger partial charge in [0.15, 0.2) is 0 Å². The molecule has 3 N–H and O–H groups in total. The summed E-state index contributed by atoms with van der Waals surface area (Å²) in [6.07, 6.45) is 0. The second-order valence-electron chi connectivity index (χ2n) is 2.29. The summed E-state index contributed by atoms with van der Waals surface area (Å²) < 4.78 is 25.0. The summed E-state index contributed by atoms with van der Waals surface area (Å²) in [7, 11) is -2.17. The van der Waals surface area contributed by atoms with Gasteiger partial charge in [0.25, 0.3) is 0 Å². The number of halogens is 2. The maximum atomic E-state index is 12.2. The molecule has 0 aliphatic carbocycles. The summed E-state index contributed by atoms with van der Waals surface area (Å²) in [4.78, 5) is 0. The monoisotopic (exact) mass is 182 g/mol. The van der Waals surface area contributed by atoms with Gasteiger partial charge < -0.3 is 15.1 Å². The summed E-state index contributed by atoms with van der Waals surface area (Å²) >= 11 is 1.64. The minimum atomic E-state index is -2.17. The Morgan fingerprint density at radius 2 is 1.31 bits per heavy atom. The van der Waals surface area contributed by atoms with Gasteiger partial charge in [-0.1, -0.05) is 0 Å². The van der Waals surface area contributed by atoms with Gasteiger partial charge in [0, 0.05) is 0 Å². The first-order chi connectivity index (χ1) is 5.91. The predicted octanol–water partition coefficient (Wildman–Crippen LogP) is -1.29. The van der Waals surface area contributed by atoms with E-state index in [4.69, 9.17) is 15.1 Å². The third-order valence-electron chi connectivity index (χ3n) is 1.01. The van der Waals surface area contributed by atoms with Crippen LogP contribution >= 0.6 is 0 Å². The van der Waals surface area contributed by atoms with Crippen LogP contribution in [0.5, 0.6) is 0 Å². The van der Waals surface area contributed by atoms with Gasteiger partial charge in [0.2, 0.25) is 0 Å². The SMILES string of the molecule is OB(O)O.[Li][c]1cc(F)cc(F)c1. The van der Waals surface area contributed by atoms with Crippen LogP contribution in [0.4, 0.5) is 8.78 Å². The standard InChI is InChI=1S/C6H3F2.BH3O3.Li/c7-5-2-1-3-6(8)4-5;2-1(3)4;/h2-4H;2-4H;. The van der Waals surface area contributed by atoms with Crippen molar-refractivity contribution in [3.8, 4) is 0 Å². The molecule has 0 heterocycles. The topological polar surface area (TPSA) is 60.7 Å². The fourth-order valence-corrected chi connectivity index (χ4v) is 0.692. The van der Waals surface area contributed by atoms with Gasteiger partial charge in [0.1, 0.15) is 0 Å². The van der Waals surface area contributed by atoms with Crippen LogP contribution in [0.2, 0.25) is 0 Å². The molecule has 1 rings (SSSR count). The second kappa shape index (κ2) is 6.13. The van der Waals surface area contributed by atoms with Crippen molar-refractivity contribution in [2.75, 3.05) is 0 Å². The third-order valence-corrected chi connectivity index (χ3v) is 1.01. The molecule has 0 bridgehead atoms. The van der Waals surface area contributed by atoms with Crippen LogP contribution in [0.1, 0.15) is 0 Å². The van der Waals surface area contributed by atoms with Crippen molar-refractivity contribution < 1.29 is 23.9 Å². The molecular weight excluding hydrogens is 176 g/mol. The van der Waals surface area contributed by atoms with Gasteiger partial charge in [-0.2, -0.15) is 0 Å². The van der Waals surface area contributed by atoms with E-state index in [0.717, 1.165) is 6.07 Å². The Balaban J connectivity index is 0.000000310. The van der Waals surface area contributed by atoms with E-state index in [2.05, 4.69) is 0 Å².